The number of nitrogens with zero attached hydrogens (tertiary/aromatic N) is 3. The molecule has 2 aromatic rings. The molecule has 1 aromatic carbocycles. The molecular weight excluding hydrogens is 310 g/mol. The van der Waals surface area contributed by atoms with E-state index in [1.54, 1.807) is 53.2 Å². The Bertz CT molecular complexity index is 718. The molecule has 7 heteroatoms. The first-order valence-electron chi connectivity index (χ1n) is 7.87. The number of aromatic nitrogens is 2. The Labute approximate surface area is 139 Å². The van der Waals surface area contributed by atoms with Gasteiger partial charge in [-0.05, 0) is 31.2 Å². The van der Waals surface area contributed by atoms with E-state index in [4.69, 9.17) is 9.47 Å². The molecule has 0 atom stereocenters. The van der Waals surface area contributed by atoms with E-state index < -0.39 is 0 Å². The standard InChI is InChI=1S/C17H19N3O4/c1-2-24-17(22)13-3-5-14(6-4-13)20-11-15(18-12-20)16(21)19-7-9-23-10-8-19/h3-6,11-12H,2,7-10H2,1H3. The van der Waals surface area contributed by atoms with Crippen molar-refractivity contribution in [3.63, 3.8) is 0 Å². The number of hydrogen-bond acceptors (Lipinski definition) is 5. The molecule has 0 aliphatic carbocycles. The minimum atomic E-state index is -0.349. The molecule has 2 heterocycles. The molecule has 0 saturated carbocycles. The minimum Gasteiger partial charge on any atom is -0.462 e. The summed E-state index contributed by atoms with van der Waals surface area (Å²) in [5.74, 6) is -0.446. The maximum Gasteiger partial charge on any atom is 0.338 e. The van der Waals surface area contributed by atoms with Crippen LogP contribution in [0, 0.1) is 0 Å². The first kappa shape index (κ1) is 16.2. The highest BCUT2D eigenvalue weighted by Crippen LogP contribution is 2.13. The van der Waals surface area contributed by atoms with Crippen molar-refractivity contribution < 1.29 is 19.1 Å². The highest BCUT2D eigenvalue weighted by atomic mass is 16.5. The predicted octanol–water partition coefficient (Wildman–Crippen LogP) is 1.52. The van der Waals surface area contributed by atoms with Gasteiger partial charge in [-0.2, -0.15) is 0 Å². The normalized spacial score (nSPS) is 14.5. The molecule has 0 unspecified atom stereocenters. The molecule has 1 aromatic heterocycles. The summed E-state index contributed by atoms with van der Waals surface area (Å²) in [5.41, 5.74) is 1.70. The van der Waals surface area contributed by atoms with Gasteiger partial charge >= 0.3 is 5.97 Å². The number of ether oxygens (including phenoxy) is 2. The Hall–Kier alpha value is -2.67. The van der Waals surface area contributed by atoms with Crippen LogP contribution in [-0.4, -0.2) is 59.2 Å². The van der Waals surface area contributed by atoms with E-state index in [0.717, 1.165) is 5.69 Å². The van der Waals surface area contributed by atoms with Gasteiger partial charge in [-0.15, -0.1) is 0 Å². The molecule has 1 fully saturated rings. The quantitative estimate of drug-likeness (QED) is 0.795. The molecule has 0 spiro atoms. The number of esters is 1. The molecular formula is C17H19N3O4. The van der Waals surface area contributed by atoms with Gasteiger partial charge in [-0.1, -0.05) is 0 Å². The Balaban J connectivity index is 1.73. The first-order valence-corrected chi connectivity index (χ1v) is 7.87. The summed E-state index contributed by atoms with van der Waals surface area (Å²) in [6.07, 6.45) is 3.28. The molecule has 126 valence electrons. The largest absolute Gasteiger partial charge is 0.462 e. The highest BCUT2D eigenvalue weighted by Gasteiger charge is 2.20. The molecule has 0 radical (unpaired) electrons. The number of carbonyl (C=O) groups excluding carboxylic acids is 2. The first-order chi connectivity index (χ1) is 11.7. The van der Waals surface area contributed by atoms with Crippen molar-refractivity contribution in [3.8, 4) is 5.69 Å². The zero-order valence-electron chi connectivity index (χ0n) is 13.5. The number of amides is 1. The number of imidazole rings is 1. The van der Waals surface area contributed by atoms with E-state index in [-0.39, 0.29) is 11.9 Å². The Morgan fingerprint density at radius 1 is 1.21 bits per heavy atom. The van der Waals surface area contributed by atoms with Crippen molar-refractivity contribution in [2.75, 3.05) is 32.9 Å². The highest BCUT2D eigenvalue weighted by molar-refractivity contribution is 5.92. The second kappa shape index (κ2) is 7.27. The van der Waals surface area contributed by atoms with Gasteiger partial charge in [0, 0.05) is 25.0 Å². The van der Waals surface area contributed by atoms with Crippen LogP contribution in [0.25, 0.3) is 5.69 Å². The lowest BCUT2D eigenvalue weighted by atomic mass is 10.2. The van der Waals surface area contributed by atoms with Crippen LogP contribution in [0.1, 0.15) is 27.8 Å². The summed E-state index contributed by atoms with van der Waals surface area (Å²) in [4.78, 5) is 30.0. The molecule has 1 aliphatic heterocycles. The molecule has 0 bridgehead atoms. The monoisotopic (exact) mass is 329 g/mol. The fourth-order valence-corrected chi connectivity index (χ4v) is 2.49. The van der Waals surface area contributed by atoms with Gasteiger partial charge in [0.25, 0.3) is 5.91 Å². The zero-order chi connectivity index (χ0) is 16.9. The number of morpholine rings is 1. The van der Waals surface area contributed by atoms with Crippen LogP contribution < -0.4 is 0 Å². The predicted molar refractivity (Wildman–Crippen MR) is 86.2 cm³/mol. The third-order valence-electron chi connectivity index (χ3n) is 3.78. The summed E-state index contributed by atoms with van der Waals surface area (Å²) >= 11 is 0. The lowest BCUT2D eigenvalue weighted by molar-refractivity contribution is 0.0299. The van der Waals surface area contributed by atoms with Crippen LogP contribution in [0.2, 0.25) is 0 Å². The SMILES string of the molecule is CCOC(=O)c1ccc(-n2cnc(C(=O)N3CCOCC3)c2)cc1. The van der Waals surface area contributed by atoms with E-state index >= 15 is 0 Å². The second-order valence-corrected chi connectivity index (χ2v) is 5.34. The average Bonchev–Trinajstić information content (AvgIpc) is 3.12. The molecule has 7 nitrogen and oxygen atoms in total. The van der Waals surface area contributed by atoms with E-state index in [1.165, 1.54) is 0 Å². The van der Waals surface area contributed by atoms with Gasteiger partial charge in [0.1, 0.15) is 12.0 Å². The van der Waals surface area contributed by atoms with E-state index in [2.05, 4.69) is 4.98 Å². The fraction of sp³-hybridized carbons (Fsp3) is 0.353. The second-order valence-electron chi connectivity index (χ2n) is 5.34. The van der Waals surface area contributed by atoms with E-state index in [9.17, 15) is 9.59 Å². The fourth-order valence-electron chi connectivity index (χ4n) is 2.49. The summed E-state index contributed by atoms with van der Waals surface area (Å²) in [6, 6.07) is 6.96. The topological polar surface area (TPSA) is 73.7 Å². The molecule has 24 heavy (non-hydrogen) atoms. The summed E-state index contributed by atoms with van der Waals surface area (Å²) in [7, 11) is 0. The summed E-state index contributed by atoms with van der Waals surface area (Å²) in [5, 5.41) is 0. The Kier molecular flexibility index (Phi) is 4.90. The minimum absolute atomic E-state index is 0.0970. The van der Waals surface area contributed by atoms with Crippen molar-refractivity contribution >= 4 is 11.9 Å². The van der Waals surface area contributed by atoms with Crippen LogP contribution >= 0.6 is 0 Å². The van der Waals surface area contributed by atoms with E-state index in [1.807, 2.05) is 0 Å². The summed E-state index contributed by atoms with van der Waals surface area (Å²) < 4.78 is 12.0. The third kappa shape index (κ3) is 3.46. The van der Waals surface area contributed by atoms with Crippen molar-refractivity contribution in [3.05, 3.63) is 48.0 Å². The summed E-state index contributed by atoms with van der Waals surface area (Å²) in [6.45, 7) is 4.39. The van der Waals surface area contributed by atoms with Gasteiger partial charge < -0.3 is 18.9 Å². The number of benzene rings is 1. The zero-order valence-corrected chi connectivity index (χ0v) is 13.5. The van der Waals surface area contributed by atoms with Crippen molar-refractivity contribution in [2.24, 2.45) is 0 Å². The maximum atomic E-state index is 12.4. The molecule has 1 saturated heterocycles. The van der Waals surface area contributed by atoms with Gasteiger partial charge in [0.2, 0.25) is 0 Å². The van der Waals surface area contributed by atoms with Crippen LogP contribution in [0.15, 0.2) is 36.8 Å². The van der Waals surface area contributed by atoms with Gasteiger partial charge in [0.15, 0.2) is 0 Å². The molecule has 1 aliphatic rings. The van der Waals surface area contributed by atoms with Crippen LogP contribution in [0.3, 0.4) is 0 Å². The lowest BCUT2D eigenvalue weighted by Gasteiger charge is -2.25. The van der Waals surface area contributed by atoms with Crippen molar-refractivity contribution in [1.29, 1.82) is 0 Å². The van der Waals surface area contributed by atoms with Gasteiger partial charge in [-0.25, -0.2) is 9.78 Å². The lowest BCUT2D eigenvalue weighted by Crippen LogP contribution is -2.40. The molecule has 1 amide bonds. The van der Waals surface area contributed by atoms with Crippen molar-refractivity contribution in [2.45, 2.75) is 6.92 Å². The van der Waals surface area contributed by atoms with Gasteiger partial charge in [0.05, 0.1) is 25.4 Å². The van der Waals surface area contributed by atoms with Crippen LogP contribution in [-0.2, 0) is 9.47 Å². The van der Waals surface area contributed by atoms with Crippen LogP contribution in [0.4, 0.5) is 0 Å². The average molecular weight is 329 g/mol. The van der Waals surface area contributed by atoms with Crippen LogP contribution in [0.5, 0.6) is 0 Å². The van der Waals surface area contributed by atoms with Gasteiger partial charge in [-0.3, -0.25) is 4.79 Å². The smallest absolute Gasteiger partial charge is 0.338 e. The number of carbonyl (C=O) groups is 2. The molecule has 0 N–H and O–H groups in total. The third-order valence-corrected chi connectivity index (χ3v) is 3.78. The van der Waals surface area contributed by atoms with Crippen molar-refractivity contribution in [1.82, 2.24) is 14.5 Å². The maximum absolute atomic E-state index is 12.4. The Morgan fingerprint density at radius 2 is 1.92 bits per heavy atom. The molecule has 3 rings (SSSR count). The Morgan fingerprint density at radius 3 is 2.58 bits per heavy atom. The number of rotatable bonds is 4. The number of hydrogen-bond donors (Lipinski definition) is 0. The van der Waals surface area contributed by atoms with E-state index in [0.29, 0.717) is 44.2 Å².